The van der Waals surface area contributed by atoms with E-state index in [1.165, 1.54) is 12.1 Å². The third-order valence-corrected chi connectivity index (χ3v) is 3.17. The maximum absolute atomic E-state index is 13.3. The molecule has 1 N–H and O–H groups in total. The molecule has 1 amide bonds. The van der Waals surface area contributed by atoms with Gasteiger partial charge in [-0.3, -0.25) is 4.79 Å². The number of halogens is 1. The van der Waals surface area contributed by atoms with Gasteiger partial charge in [-0.15, -0.1) is 0 Å². The molecule has 20 heavy (non-hydrogen) atoms. The zero-order chi connectivity index (χ0) is 15.1. The van der Waals surface area contributed by atoms with Gasteiger partial charge < -0.3 is 15.0 Å². The van der Waals surface area contributed by atoms with Gasteiger partial charge in [-0.2, -0.15) is 0 Å². The molecule has 0 spiro atoms. The van der Waals surface area contributed by atoms with E-state index in [0.717, 1.165) is 5.56 Å². The molecule has 0 fully saturated rings. The fourth-order valence-electron chi connectivity index (χ4n) is 1.78. The molecule has 1 rings (SSSR count). The summed E-state index contributed by atoms with van der Waals surface area (Å²) >= 11 is 0. The highest BCUT2D eigenvalue weighted by Gasteiger charge is 2.11. The maximum atomic E-state index is 13.3. The van der Waals surface area contributed by atoms with Crippen molar-refractivity contribution in [2.24, 2.45) is 0 Å². The predicted molar refractivity (Wildman–Crippen MR) is 77.3 cm³/mol. The fourth-order valence-corrected chi connectivity index (χ4v) is 1.78. The molecule has 1 aromatic carbocycles. The van der Waals surface area contributed by atoms with Gasteiger partial charge in [0.15, 0.2) is 0 Å². The highest BCUT2D eigenvalue weighted by atomic mass is 19.1. The standard InChI is InChI=1S/C15H23FN2O2/c1-11(17-2)13-8-7-12(16)10-14(13)20-9-5-6-15(19)18(3)4/h7-8,10-11,17H,5-6,9H2,1-4H3. The molecular weight excluding hydrogens is 259 g/mol. The summed E-state index contributed by atoms with van der Waals surface area (Å²) < 4.78 is 18.9. The molecule has 0 aromatic heterocycles. The monoisotopic (exact) mass is 282 g/mol. The van der Waals surface area contributed by atoms with Crippen molar-refractivity contribution in [3.63, 3.8) is 0 Å². The van der Waals surface area contributed by atoms with Gasteiger partial charge in [0.05, 0.1) is 6.61 Å². The molecule has 1 aromatic rings. The Kier molecular flexibility index (Phi) is 6.45. The Morgan fingerprint density at radius 1 is 1.45 bits per heavy atom. The second kappa shape index (κ2) is 7.85. The van der Waals surface area contributed by atoms with E-state index in [1.807, 2.05) is 14.0 Å². The minimum Gasteiger partial charge on any atom is -0.493 e. The summed E-state index contributed by atoms with van der Waals surface area (Å²) in [6.45, 7) is 2.38. The highest BCUT2D eigenvalue weighted by Crippen LogP contribution is 2.26. The molecule has 0 radical (unpaired) electrons. The van der Waals surface area contributed by atoms with E-state index < -0.39 is 0 Å². The van der Waals surface area contributed by atoms with Gasteiger partial charge in [-0.25, -0.2) is 4.39 Å². The first-order valence-electron chi connectivity index (χ1n) is 6.75. The fraction of sp³-hybridized carbons (Fsp3) is 0.533. The van der Waals surface area contributed by atoms with Crippen molar-refractivity contribution in [1.82, 2.24) is 10.2 Å². The van der Waals surface area contributed by atoms with Crippen LogP contribution < -0.4 is 10.1 Å². The third kappa shape index (κ3) is 4.81. The van der Waals surface area contributed by atoms with Crippen molar-refractivity contribution >= 4 is 5.91 Å². The van der Waals surface area contributed by atoms with Gasteiger partial charge in [0.25, 0.3) is 0 Å². The first-order valence-corrected chi connectivity index (χ1v) is 6.75. The summed E-state index contributed by atoms with van der Waals surface area (Å²) in [5.74, 6) is 0.275. The summed E-state index contributed by atoms with van der Waals surface area (Å²) in [6, 6.07) is 4.60. The summed E-state index contributed by atoms with van der Waals surface area (Å²) in [7, 11) is 5.29. The molecule has 1 atom stereocenters. The molecule has 112 valence electrons. The topological polar surface area (TPSA) is 41.6 Å². The number of nitrogens with one attached hydrogen (secondary N) is 1. The molecular formula is C15H23FN2O2. The number of benzene rings is 1. The Bertz CT molecular complexity index is 449. The average molecular weight is 282 g/mol. The third-order valence-electron chi connectivity index (χ3n) is 3.17. The van der Waals surface area contributed by atoms with Crippen LogP contribution in [-0.4, -0.2) is 38.6 Å². The van der Waals surface area contributed by atoms with Crippen LogP contribution in [0.1, 0.15) is 31.4 Å². The van der Waals surface area contributed by atoms with E-state index >= 15 is 0 Å². The zero-order valence-electron chi connectivity index (χ0n) is 12.6. The molecule has 0 bridgehead atoms. The number of ether oxygens (including phenoxy) is 1. The molecule has 5 heteroatoms. The lowest BCUT2D eigenvalue weighted by Gasteiger charge is -2.17. The van der Waals surface area contributed by atoms with Crippen molar-refractivity contribution in [2.45, 2.75) is 25.8 Å². The maximum Gasteiger partial charge on any atom is 0.222 e. The quantitative estimate of drug-likeness (QED) is 0.781. The second-order valence-electron chi connectivity index (χ2n) is 4.93. The van der Waals surface area contributed by atoms with Crippen LogP contribution in [-0.2, 0) is 4.79 Å². The van der Waals surface area contributed by atoms with Gasteiger partial charge in [-0.1, -0.05) is 6.07 Å². The first kappa shape index (κ1) is 16.4. The van der Waals surface area contributed by atoms with Crippen molar-refractivity contribution in [2.75, 3.05) is 27.7 Å². The normalized spacial score (nSPS) is 12.1. The Hall–Kier alpha value is -1.62. The van der Waals surface area contributed by atoms with E-state index in [0.29, 0.717) is 25.2 Å². The Labute approximate surface area is 119 Å². The lowest BCUT2D eigenvalue weighted by Crippen LogP contribution is -2.22. The Morgan fingerprint density at radius 3 is 2.75 bits per heavy atom. The first-order chi connectivity index (χ1) is 9.45. The number of hydrogen-bond donors (Lipinski definition) is 1. The van der Waals surface area contributed by atoms with Crippen LogP contribution in [0.25, 0.3) is 0 Å². The van der Waals surface area contributed by atoms with Gasteiger partial charge in [0.2, 0.25) is 5.91 Å². The van der Waals surface area contributed by atoms with Crippen LogP contribution in [0, 0.1) is 5.82 Å². The summed E-state index contributed by atoms with van der Waals surface area (Å²) in [5.41, 5.74) is 0.910. The lowest BCUT2D eigenvalue weighted by atomic mass is 10.1. The van der Waals surface area contributed by atoms with Crippen molar-refractivity contribution < 1.29 is 13.9 Å². The number of carbonyl (C=O) groups is 1. The molecule has 0 aliphatic carbocycles. The average Bonchev–Trinajstić information content (AvgIpc) is 2.42. The van der Waals surface area contributed by atoms with Crippen molar-refractivity contribution in [3.8, 4) is 5.75 Å². The van der Waals surface area contributed by atoms with Gasteiger partial charge in [0.1, 0.15) is 11.6 Å². The number of nitrogens with zero attached hydrogens (tertiary/aromatic N) is 1. The minimum absolute atomic E-state index is 0.0664. The summed E-state index contributed by atoms with van der Waals surface area (Å²) in [5, 5.41) is 3.10. The van der Waals surface area contributed by atoms with Crippen LogP contribution in [0.5, 0.6) is 5.75 Å². The van der Waals surface area contributed by atoms with Crippen molar-refractivity contribution in [3.05, 3.63) is 29.6 Å². The molecule has 1 unspecified atom stereocenters. The summed E-state index contributed by atoms with van der Waals surface area (Å²) in [4.78, 5) is 13.0. The SMILES string of the molecule is CNC(C)c1ccc(F)cc1OCCCC(=O)N(C)C. The number of amides is 1. The Balaban J connectivity index is 2.58. The summed E-state index contributed by atoms with van der Waals surface area (Å²) in [6.07, 6.45) is 1.04. The van der Waals surface area contributed by atoms with Crippen molar-refractivity contribution in [1.29, 1.82) is 0 Å². The smallest absolute Gasteiger partial charge is 0.222 e. The van der Waals surface area contributed by atoms with E-state index in [-0.39, 0.29) is 17.8 Å². The van der Waals surface area contributed by atoms with Crippen LogP contribution in [0.15, 0.2) is 18.2 Å². The van der Waals surface area contributed by atoms with Crippen LogP contribution in [0.3, 0.4) is 0 Å². The van der Waals surface area contributed by atoms with Crippen LogP contribution >= 0.6 is 0 Å². The molecule has 0 saturated heterocycles. The predicted octanol–water partition coefficient (Wildman–Crippen LogP) is 2.35. The number of hydrogen-bond acceptors (Lipinski definition) is 3. The van der Waals surface area contributed by atoms with Crippen LogP contribution in [0.4, 0.5) is 4.39 Å². The largest absolute Gasteiger partial charge is 0.493 e. The van der Waals surface area contributed by atoms with Gasteiger partial charge in [-0.05, 0) is 26.5 Å². The van der Waals surface area contributed by atoms with E-state index in [2.05, 4.69) is 5.32 Å². The molecule has 0 saturated carbocycles. The second-order valence-corrected chi connectivity index (χ2v) is 4.93. The zero-order valence-corrected chi connectivity index (χ0v) is 12.6. The Morgan fingerprint density at radius 2 is 2.15 bits per heavy atom. The molecule has 0 aliphatic heterocycles. The molecule has 0 aliphatic rings. The molecule has 4 nitrogen and oxygen atoms in total. The number of rotatable bonds is 7. The number of carbonyl (C=O) groups excluding carboxylic acids is 1. The van der Waals surface area contributed by atoms with Gasteiger partial charge in [0, 0.05) is 38.2 Å². The highest BCUT2D eigenvalue weighted by molar-refractivity contribution is 5.75. The molecule has 0 heterocycles. The van der Waals surface area contributed by atoms with E-state index in [9.17, 15) is 9.18 Å². The van der Waals surface area contributed by atoms with E-state index in [4.69, 9.17) is 4.74 Å². The minimum atomic E-state index is -0.323. The van der Waals surface area contributed by atoms with Crippen LogP contribution in [0.2, 0.25) is 0 Å². The van der Waals surface area contributed by atoms with E-state index in [1.54, 1.807) is 25.1 Å². The van der Waals surface area contributed by atoms with Gasteiger partial charge >= 0.3 is 0 Å². The lowest BCUT2D eigenvalue weighted by molar-refractivity contribution is -0.128.